The highest BCUT2D eigenvalue weighted by atomic mass is 16.3. The number of hydrogen-bond donors (Lipinski definition) is 1. The quantitative estimate of drug-likeness (QED) is 0.473. The molecule has 0 unspecified atom stereocenters. The summed E-state index contributed by atoms with van der Waals surface area (Å²) in [6, 6.07) is 0. The first-order valence-corrected chi connectivity index (χ1v) is 12.2. The van der Waals surface area contributed by atoms with Crippen molar-refractivity contribution in [3.8, 4) is 0 Å². The van der Waals surface area contributed by atoms with Gasteiger partial charge in [-0.1, -0.05) is 76.6 Å². The maximum absolute atomic E-state index is 10.0. The first-order chi connectivity index (χ1) is 13.7. The Morgan fingerprint density at radius 2 is 1.79 bits per heavy atom. The number of aliphatic hydroxyl groups is 1. The van der Waals surface area contributed by atoms with Crippen LogP contribution in [0.3, 0.4) is 0 Å². The molecule has 0 aliphatic heterocycles. The molecule has 0 spiro atoms. The summed E-state index contributed by atoms with van der Waals surface area (Å²) in [5, 5.41) is 10.0. The lowest BCUT2D eigenvalue weighted by molar-refractivity contribution is 0.112. The van der Waals surface area contributed by atoms with Crippen molar-refractivity contribution in [3.63, 3.8) is 0 Å². The molecule has 3 saturated carbocycles. The summed E-state index contributed by atoms with van der Waals surface area (Å²) in [6.45, 7) is 16.3. The molecule has 1 N–H and O–H groups in total. The number of aliphatic hydroxyl groups excluding tert-OH is 1. The second-order valence-electron chi connectivity index (χ2n) is 10.9. The molecule has 1 nitrogen and oxygen atoms in total. The molecule has 0 aromatic carbocycles. The summed E-state index contributed by atoms with van der Waals surface area (Å²) >= 11 is 0. The van der Waals surface area contributed by atoms with Crippen molar-refractivity contribution < 1.29 is 5.11 Å². The molecule has 0 saturated heterocycles. The van der Waals surface area contributed by atoms with Crippen LogP contribution in [-0.2, 0) is 0 Å². The van der Waals surface area contributed by atoms with Gasteiger partial charge in [0, 0.05) is 0 Å². The van der Waals surface area contributed by atoms with E-state index in [1.165, 1.54) is 43.3 Å². The topological polar surface area (TPSA) is 20.2 Å². The molecule has 0 bridgehead atoms. The molecule has 0 amide bonds. The second-order valence-corrected chi connectivity index (χ2v) is 10.9. The smallest absolute Gasteiger partial charge is 0.0583 e. The molecule has 1 heteroatoms. The molecule has 3 aliphatic rings. The van der Waals surface area contributed by atoms with Gasteiger partial charge < -0.3 is 5.11 Å². The zero-order valence-corrected chi connectivity index (χ0v) is 19.6. The van der Waals surface area contributed by atoms with E-state index in [0.29, 0.717) is 17.3 Å². The van der Waals surface area contributed by atoms with Crippen LogP contribution in [0, 0.1) is 35.0 Å². The van der Waals surface area contributed by atoms with Crippen molar-refractivity contribution in [1.82, 2.24) is 0 Å². The second kappa shape index (κ2) is 9.38. The largest absolute Gasteiger partial charge is 0.393 e. The molecule has 3 rings (SSSR count). The molecule has 0 heterocycles. The molecule has 0 radical (unpaired) electrons. The minimum atomic E-state index is -0.182. The minimum Gasteiger partial charge on any atom is -0.393 e. The zero-order chi connectivity index (χ0) is 21.2. The van der Waals surface area contributed by atoms with Crippen molar-refractivity contribution in [1.29, 1.82) is 0 Å². The predicted octanol–water partition coefficient (Wildman–Crippen LogP) is 7.64. The molecule has 0 aromatic heterocycles. The Hall–Kier alpha value is -1.08. The standard InChI is InChI=1S/C28H44O/c1-19(2)20(3)9-10-22(5)26-15-16-27-23(8-7-17-28(26,27)6)12-13-24-18-25(29)14-11-21(24)4/h9-10,12-13,19-20,22,25-27,29H,4,7-8,11,14-18H2,1-3,5-6H3/b10-9+,23-12+,24-13+/t20-,22-,25-,26+,27+,28-/m1/s1. The molecular formula is C28H44O. The lowest BCUT2D eigenvalue weighted by atomic mass is 9.61. The normalized spacial score (nSPS) is 38.2. The molecule has 3 aliphatic carbocycles. The van der Waals surface area contributed by atoms with Crippen LogP contribution in [0.15, 0.2) is 47.6 Å². The summed E-state index contributed by atoms with van der Waals surface area (Å²) in [4.78, 5) is 0. The lowest BCUT2D eigenvalue weighted by Gasteiger charge is -2.44. The van der Waals surface area contributed by atoms with Gasteiger partial charge in [-0.3, -0.25) is 0 Å². The van der Waals surface area contributed by atoms with Crippen molar-refractivity contribution in [2.45, 2.75) is 92.1 Å². The molecule has 162 valence electrons. The van der Waals surface area contributed by atoms with E-state index in [2.05, 4.69) is 65.5 Å². The van der Waals surface area contributed by atoms with Gasteiger partial charge >= 0.3 is 0 Å². The molecule has 3 fully saturated rings. The highest BCUT2D eigenvalue weighted by Crippen LogP contribution is 2.59. The average molecular weight is 397 g/mol. The van der Waals surface area contributed by atoms with Crippen LogP contribution in [0.4, 0.5) is 0 Å². The van der Waals surface area contributed by atoms with Crippen LogP contribution < -0.4 is 0 Å². The first-order valence-electron chi connectivity index (χ1n) is 12.2. The van der Waals surface area contributed by atoms with Gasteiger partial charge in [0.1, 0.15) is 0 Å². The van der Waals surface area contributed by atoms with Crippen LogP contribution in [0.5, 0.6) is 0 Å². The summed E-state index contributed by atoms with van der Waals surface area (Å²) in [5.41, 5.74) is 4.61. The minimum absolute atomic E-state index is 0.182. The first kappa shape index (κ1) is 22.6. The van der Waals surface area contributed by atoms with Gasteiger partial charge in [-0.2, -0.15) is 0 Å². The van der Waals surface area contributed by atoms with E-state index in [0.717, 1.165) is 37.0 Å². The van der Waals surface area contributed by atoms with E-state index in [-0.39, 0.29) is 6.10 Å². The van der Waals surface area contributed by atoms with E-state index in [4.69, 9.17) is 0 Å². The van der Waals surface area contributed by atoms with Gasteiger partial charge in [0.25, 0.3) is 0 Å². The fraction of sp³-hybridized carbons (Fsp3) is 0.714. The third-order valence-corrected chi connectivity index (χ3v) is 8.63. The summed E-state index contributed by atoms with van der Waals surface area (Å²) < 4.78 is 0. The Morgan fingerprint density at radius 3 is 2.52 bits per heavy atom. The highest BCUT2D eigenvalue weighted by molar-refractivity contribution is 5.36. The number of allylic oxidation sites excluding steroid dienone is 6. The van der Waals surface area contributed by atoms with Crippen LogP contribution in [0.25, 0.3) is 0 Å². The number of rotatable bonds is 5. The van der Waals surface area contributed by atoms with Gasteiger partial charge in [0.15, 0.2) is 0 Å². The van der Waals surface area contributed by atoms with E-state index < -0.39 is 0 Å². The third-order valence-electron chi connectivity index (χ3n) is 8.63. The van der Waals surface area contributed by atoms with Gasteiger partial charge in [0.2, 0.25) is 0 Å². The van der Waals surface area contributed by atoms with Crippen LogP contribution in [0.2, 0.25) is 0 Å². The Morgan fingerprint density at radius 1 is 1.03 bits per heavy atom. The van der Waals surface area contributed by atoms with E-state index in [1.807, 2.05) is 0 Å². The molecule has 29 heavy (non-hydrogen) atoms. The maximum atomic E-state index is 10.0. The summed E-state index contributed by atoms with van der Waals surface area (Å²) in [5.74, 6) is 3.58. The van der Waals surface area contributed by atoms with E-state index in [1.54, 1.807) is 5.57 Å². The summed E-state index contributed by atoms with van der Waals surface area (Å²) in [7, 11) is 0. The van der Waals surface area contributed by atoms with Crippen LogP contribution >= 0.6 is 0 Å². The van der Waals surface area contributed by atoms with Gasteiger partial charge in [-0.05, 0) is 91.9 Å². The Balaban J connectivity index is 1.75. The predicted molar refractivity (Wildman–Crippen MR) is 126 cm³/mol. The fourth-order valence-corrected chi connectivity index (χ4v) is 6.25. The van der Waals surface area contributed by atoms with Crippen molar-refractivity contribution in [2.75, 3.05) is 0 Å². The van der Waals surface area contributed by atoms with E-state index in [9.17, 15) is 5.11 Å². The Labute approximate surface area is 180 Å². The van der Waals surface area contributed by atoms with Crippen molar-refractivity contribution in [3.05, 3.63) is 47.6 Å². The molecular weight excluding hydrogens is 352 g/mol. The van der Waals surface area contributed by atoms with Crippen LogP contribution in [0.1, 0.15) is 86.0 Å². The Kier molecular flexibility index (Phi) is 7.31. The number of fused-ring (bicyclic) bond motifs is 1. The Bertz CT molecular complexity index is 678. The molecule has 0 aromatic rings. The average Bonchev–Trinajstić information content (AvgIpc) is 3.04. The van der Waals surface area contributed by atoms with Crippen molar-refractivity contribution >= 4 is 0 Å². The van der Waals surface area contributed by atoms with E-state index >= 15 is 0 Å². The zero-order valence-electron chi connectivity index (χ0n) is 19.6. The SMILES string of the molecule is C=C1CC[C@@H](O)C/C1=C\C=C1/CCC[C@@]2(C)[C@H]1CC[C@H]2[C@H](C)/C=C/[C@@H](C)C(C)C. The van der Waals surface area contributed by atoms with Crippen molar-refractivity contribution in [2.24, 2.45) is 35.0 Å². The number of hydrogen-bond acceptors (Lipinski definition) is 1. The summed E-state index contributed by atoms with van der Waals surface area (Å²) in [6.07, 6.45) is 18.8. The van der Waals surface area contributed by atoms with Gasteiger partial charge in [-0.15, -0.1) is 0 Å². The van der Waals surface area contributed by atoms with Crippen LogP contribution in [-0.4, -0.2) is 11.2 Å². The van der Waals surface area contributed by atoms with Gasteiger partial charge in [-0.25, -0.2) is 0 Å². The highest BCUT2D eigenvalue weighted by Gasteiger charge is 2.50. The lowest BCUT2D eigenvalue weighted by Crippen LogP contribution is -2.35. The third kappa shape index (κ3) is 4.98. The monoisotopic (exact) mass is 396 g/mol. The fourth-order valence-electron chi connectivity index (χ4n) is 6.25. The van der Waals surface area contributed by atoms with Gasteiger partial charge in [0.05, 0.1) is 6.10 Å². The molecule has 6 atom stereocenters. The maximum Gasteiger partial charge on any atom is 0.0583 e.